The molecule has 5 nitrogen and oxygen atoms in total. The van der Waals surface area contributed by atoms with E-state index in [1.165, 1.54) is 0 Å². The van der Waals surface area contributed by atoms with E-state index in [1.807, 2.05) is 18.2 Å². The quantitative estimate of drug-likeness (QED) is 0.883. The Morgan fingerprint density at radius 2 is 2.21 bits per heavy atom. The van der Waals surface area contributed by atoms with E-state index in [0.29, 0.717) is 6.54 Å². The van der Waals surface area contributed by atoms with E-state index < -0.39 is 5.97 Å². The molecule has 1 aliphatic heterocycles. The average molecular weight is 281 g/mol. The fourth-order valence-corrected chi connectivity index (χ4v) is 2.67. The summed E-state index contributed by atoms with van der Waals surface area (Å²) in [6.45, 7) is 0.648. The second kappa shape index (κ2) is 5.97. The van der Waals surface area contributed by atoms with Crippen LogP contribution in [0.25, 0.3) is 0 Å². The van der Waals surface area contributed by atoms with Gasteiger partial charge in [-0.2, -0.15) is 0 Å². The predicted octanol–water partition coefficient (Wildman–Crippen LogP) is 1.40. The molecule has 6 heteroatoms. The molecule has 1 aliphatic rings. The van der Waals surface area contributed by atoms with Crippen molar-refractivity contribution in [3.63, 3.8) is 0 Å². The molecular formula is C13H15NO4S. The SMILES string of the molecule is COc1ccc2c(c1)CCN2C(=O)CSCC(=O)O. The number of carboxylic acids is 1. The largest absolute Gasteiger partial charge is 0.497 e. The van der Waals surface area contributed by atoms with Crippen LogP contribution in [-0.2, 0) is 16.0 Å². The molecule has 1 aromatic rings. The lowest BCUT2D eigenvalue weighted by Crippen LogP contribution is -2.30. The monoisotopic (exact) mass is 281 g/mol. The number of hydrogen-bond donors (Lipinski definition) is 1. The summed E-state index contributed by atoms with van der Waals surface area (Å²) in [5, 5.41) is 8.55. The summed E-state index contributed by atoms with van der Waals surface area (Å²) in [7, 11) is 1.61. The first kappa shape index (κ1) is 13.7. The zero-order valence-corrected chi connectivity index (χ0v) is 11.4. The van der Waals surface area contributed by atoms with Gasteiger partial charge in [0.1, 0.15) is 5.75 Å². The lowest BCUT2D eigenvalue weighted by molar-refractivity contribution is -0.133. The molecule has 0 aromatic heterocycles. The molecule has 0 atom stereocenters. The Bertz CT molecular complexity index is 503. The van der Waals surface area contributed by atoms with Crippen LogP contribution in [0.1, 0.15) is 5.56 Å². The third kappa shape index (κ3) is 3.20. The average Bonchev–Trinajstić information content (AvgIpc) is 2.80. The third-order valence-electron chi connectivity index (χ3n) is 2.93. The Morgan fingerprint density at radius 3 is 2.89 bits per heavy atom. The van der Waals surface area contributed by atoms with E-state index >= 15 is 0 Å². The molecule has 102 valence electrons. The van der Waals surface area contributed by atoms with Crippen molar-refractivity contribution >= 4 is 29.3 Å². The van der Waals surface area contributed by atoms with Crippen molar-refractivity contribution in [1.29, 1.82) is 0 Å². The summed E-state index contributed by atoms with van der Waals surface area (Å²) in [5.74, 6) is -0.0138. The van der Waals surface area contributed by atoms with Crippen molar-refractivity contribution in [2.45, 2.75) is 6.42 Å². The minimum atomic E-state index is -0.899. The van der Waals surface area contributed by atoms with Crippen molar-refractivity contribution in [2.75, 3.05) is 30.1 Å². The molecule has 0 bridgehead atoms. The van der Waals surface area contributed by atoms with Crippen molar-refractivity contribution in [3.05, 3.63) is 23.8 Å². The second-order valence-electron chi connectivity index (χ2n) is 4.18. The van der Waals surface area contributed by atoms with Gasteiger partial charge in [0.25, 0.3) is 0 Å². The molecule has 0 fully saturated rings. The molecular weight excluding hydrogens is 266 g/mol. The molecule has 0 unspecified atom stereocenters. The number of anilines is 1. The van der Waals surface area contributed by atoms with E-state index in [1.54, 1.807) is 12.0 Å². The summed E-state index contributed by atoms with van der Waals surface area (Å²) in [4.78, 5) is 24.1. The smallest absolute Gasteiger partial charge is 0.313 e. The predicted molar refractivity (Wildman–Crippen MR) is 74.0 cm³/mol. The number of ether oxygens (including phenoxy) is 1. The summed E-state index contributed by atoms with van der Waals surface area (Å²) >= 11 is 1.12. The van der Waals surface area contributed by atoms with Crippen LogP contribution in [0.15, 0.2) is 18.2 Å². The number of amides is 1. The molecule has 1 heterocycles. The van der Waals surface area contributed by atoms with Crippen LogP contribution in [0.5, 0.6) is 5.75 Å². The molecule has 1 amide bonds. The number of carboxylic acid groups (broad SMARTS) is 1. The number of benzene rings is 1. The summed E-state index contributed by atoms with van der Waals surface area (Å²) in [6, 6.07) is 5.64. The lowest BCUT2D eigenvalue weighted by Gasteiger charge is -2.17. The maximum absolute atomic E-state index is 12.0. The van der Waals surface area contributed by atoms with E-state index in [-0.39, 0.29) is 17.4 Å². The highest BCUT2D eigenvalue weighted by Gasteiger charge is 2.24. The van der Waals surface area contributed by atoms with Crippen LogP contribution in [-0.4, -0.2) is 42.1 Å². The first-order valence-corrected chi connectivity index (χ1v) is 7.04. The Kier molecular flexibility index (Phi) is 4.31. The fraction of sp³-hybridized carbons (Fsp3) is 0.385. The standard InChI is InChI=1S/C13H15NO4S/c1-18-10-2-3-11-9(6-10)4-5-14(11)12(15)7-19-8-13(16)17/h2-3,6H,4-5,7-8H2,1H3,(H,16,17). The Morgan fingerprint density at radius 1 is 1.42 bits per heavy atom. The molecule has 0 radical (unpaired) electrons. The number of nitrogens with zero attached hydrogens (tertiary/aromatic N) is 1. The number of thioether (sulfide) groups is 1. The molecule has 0 aliphatic carbocycles. The summed E-state index contributed by atoms with van der Waals surface area (Å²) < 4.78 is 5.15. The van der Waals surface area contributed by atoms with E-state index in [9.17, 15) is 9.59 Å². The van der Waals surface area contributed by atoms with Crippen LogP contribution in [0.2, 0.25) is 0 Å². The minimum absolute atomic E-state index is 0.0461. The Labute approximate surface area is 115 Å². The zero-order valence-electron chi connectivity index (χ0n) is 10.6. The van der Waals surface area contributed by atoms with Crippen LogP contribution in [0, 0.1) is 0 Å². The van der Waals surface area contributed by atoms with Gasteiger partial charge in [-0.05, 0) is 30.2 Å². The topological polar surface area (TPSA) is 66.8 Å². The first-order chi connectivity index (χ1) is 9.11. The molecule has 1 N–H and O–H groups in total. The van der Waals surface area contributed by atoms with E-state index in [2.05, 4.69) is 0 Å². The van der Waals surface area contributed by atoms with Gasteiger partial charge in [0.2, 0.25) is 5.91 Å². The molecule has 1 aromatic carbocycles. The molecule has 0 saturated heterocycles. The number of rotatable bonds is 5. The maximum atomic E-state index is 12.0. The highest BCUT2D eigenvalue weighted by Crippen LogP contribution is 2.31. The minimum Gasteiger partial charge on any atom is -0.497 e. The van der Waals surface area contributed by atoms with Crippen molar-refractivity contribution in [2.24, 2.45) is 0 Å². The number of carbonyl (C=O) groups excluding carboxylic acids is 1. The van der Waals surface area contributed by atoms with Crippen LogP contribution in [0.4, 0.5) is 5.69 Å². The number of methoxy groups -OCH3 is 1. The zero-order chi connectivity index (χ0) is 13.8. The summed E-state index contributed by atoms with van der Waals surface area (Å²) in [6.07, 6.45) is 0.807. The highest BCUT2D eigenvalue weighted by atomic mass is 32.2. The lowest BCUT2D eigenvalue weighted by atomic mass is 10.1. The van der Waals surface area contributed by atoms with E-state index in [0.717, 1.165) is 35.2 Å². The van der Waals surface area contributed by atoms with Gasteiger partial charge in [0.05, 0.1) is 18.6 Å². The van der Waals surface area contributed by atoms with Gasteiger partial charge in [-0.25, -0.2) is 0 Å². The number of fused-ring (bicyclic) bond motifs is 1. The summed E-state index contributed by atoms with van der Waals surface area (Å²) in [5.41, 5.74) is 2.00. The molecule has 19 heavy (non-hydrogen) atoms. The first-order valence-electron chi connectivity index (χ1n) is 5.88. The normalized spacial score (nSPS) is 13.2. The Hall–Kier alpha value is -1.69. The van der Waals surface area contributed by atoms with Crippen LogP contribution >= 0.6 is 11.8 Å². The number of carbonyl (C=O) groups is 2. The van der Waals surface area contributed by atoms with Crippen LogP contribution in [0.3, 0.4) is 0 Å². The van der Waals surface area contributed by atoms with Gasteiger partial charge in [0, 0.05) is 12.2 Å². The van der Waals surface area contributed by atoms with Crippen molar-refractivity contribution < 1.29 is 19.4 Å². The van der Waals surface area contributed by atoms with Gasteiger partial charge in [0.15, 0.2) is 0 Å². The number of aliphatic carboxylic acids is 1. The van der Waals surface area contributed by atoms with Crippen LogP contribution < -0.4 is 9.64 Å². The molecule has 2 rings (SSSR count). The second-order valence-corrected chi connectivity index (χ2v) is 5.16. The van der Waals surface area contributed by atoms with Gasteiger partial charge in [-0.3, -0.25) is 9.59 Å². The third-order valence-corrected chi connectivity index (χ3v) is 3.84. The maximum Gasteiger partial charge on any atom is 0.313 e. The molecule has 0 spiro atoms. The van der Waals surface area contributed by atoms with Gasteiger partial charge >= 0.3 is 5.97 Å². The van der Waals surface area contributed by atoms with Crippen molar-refractivity contribution in [1.82, 2.24) is 0 Å². The Balaban J connectivity index is 2.01. The molecule has 0 saturated carbocycles. The highest BCUT2D eigenvalue weighted by molar-refractivity contribution is 8.00. The van der Waals surface area contributed by atoms with Crippen molar-refractivity contribution in [3.8, 4) is 5.75 Å². The fourth-order valence-electron chi connectivity index (χ4n) is 2.07. The van der Waals surface area contributed by atoms with Gasteiger partial charge < -0.3 is 14.7 Å². The number of hydrogen-bond acceptors (Lipinski definition) is 4. The van der Waals surface area contributed by atoms with E-state index in [4.69, 9.17) is 9.84 Å². The van der Waals surface area contributed by atoms with Gasteiger partial charge in [-0.15, -0.1) is 11.8 Å². The van der Waals surface area contributed by atoms with Gasteiger partial charge in [-0.1, -0.05) is 0 Å².